The van der Waals surface area contributed by atoms with Gasteiger partial charge in [0, 0.05) is 24.1 Å². The first-order valence-corrected chi connectivity index (χ1v) is 9.86. The van der Waals surface area contributed by atoms with Gasteiger partial charge in [-0.3, -0.25) is 9.59 Å². The lowest BCUT2D eigenvalue weighted by atomic mass is 9.72. The minimum absolute atomic E-state index is 0.00824. The molecule has 1 N–H and O–H groups in total. The van der Waals surface area contributed by atoms with Gasteiger partial charge in [0.2, 0.25) is 11.8 Å². The predicted molar refractivity (Wildman–Crippen MR) is 112 cm³/mol. The second-order valence-electron chi connectivity index (χ2n) is 7.29. The molecule has 3 aromatic rings. The third-order valence-corrected chi connectivity index (χ3v) is 6.39. The van der Waals surface area contributed by atoms with Crippen LogP contribution < -0.4 is 10.2 Å². The summed E-state index contributed by atoms with van der Waals surface area (Å²) in [5, 5.41) is 8.47. The Kier molecular flexibility index (Phi) is 3.98. The average molecular weight is 427 g/mol. The lowest BCUT2D eigenvalue weighted by Crippen LogP contribution is -2.45. The molecule has 29 heavy (non-hydrogen) atoms. The van der Waals surface area contributed by atoms with Crippen LogP contribution in [0.2, 0.25) is 10.0 Å². The summed E-state index contributed by atoms with van der Waals surface area (Å²) in [6.45, 7) is 0.373. The fourth-order valence-electron chi connectivity index (χ4n) is 4.38. The predicted octanol–water partition coefficient (Wildman–Crippen LogP) is 3.84. The summed E-state index contributed by atoms with van der Waals surface area (Å²) >= 11 is 12.7. The standard InChI is InChI=1S/C21H16Cl2N4O2/c1-26-18-13(6-4-8-16(18)23)21(20(26)29)9-17(28)25-19-14(21)10-24-27(19)11-12-5-2-3-7-15(12)22/h2-8,10H,9,11H2,1H3,(H,25,28)/t21-/m0/s1. The fourth-order valence-corrected chi connectivity index (χ4v) is 4.88. The smallest absolute Gasteiger partial charge is 0.242 e. The van der Waals surface area contributed by atoms with Crippen molar-refractivity contribution >= 4 is 46.5 Å². The zero-order valence-electron chi connectivity index (χ0n) is 15.4. The first kappa shape index (κ1) is 18.2. The molecule has 0 unspecified atom stereocenters. The van der Waals surface area contributed by atoms with Crippen molar-refractivity contribution in [1.82, 2.24) is 9.78 Å². The second kappa shape index (κ2) is 6.34. The number of hydrogen-bond donors (Lipinski definition) is 1. The number of amides is 2. The summed E-state index contributed by atoms with van der Waals surface area (Å²) in [6, 6.07) is 12.9. The lowest BCUT2D eigenvalue weighted by molar-refractivity contribution is -0.126. The highest BCUT2D eigenvalue weighted by atomic mass is 35.5. The quantitative estimate of drug-likeness (QED) is 0.676. The van der Waals surface area contributed by atoms with Crippen LogP contribution in [0.25, 0.3) is 0 Å². The summed E-state index contributed by atoms with van der Waals surface area (Å²) in [7, 11) is 1.68. The molecule has 1 aromatic heterocycles. The van der Waals surface area contributed by atoms with E-state index in [2.05, 4.69) is 10.4 Å². The summed E-state index contributed by atoms with van der Waals surface area (Å²) in [5.74, 6) is 0.0812. The number of hydrogen-bond acceptors (Lipinski definition) is 3. The van der Waals surface area contributed by atoms with Crippen molar-refractivity contribution in [2.24, 2.45) is 0 Å². The van der Waals surface area contributed by atoms with Crippen LogP contribution >= 0.6 is 23.2 Å². The summed E-state index contributed by atoms with van der Waals surface area (Å²) in [5.41, 5.74) is 1.77. The highest BCUT2D eigenvalue weighted by Gasteiger charge is 2.56. The number of para-hydroxylation sites is 1. The molecule has 6 nitrogen and oxygen atoms in total. The van der Waals surface area contributed by atoms with E-state index in [1.54, 1.807) is 36.1 Å². The van der Waals surface area contributed by atoms with Crippen molar-refractivity contribution in [2.75, 3.05) is 17.3 Å². The largest absolute Gasteiger partial charge is 0.313 e. The summed E-state index contributed by atoms with van der Waals surface area (Å²) in [6.07, 6.45) is 1.67. The fraction of sp³-hybridized carbons (Fsp3) is 0.190. The van der Waals surface area contributed by atoms with E-state index in [0.717, 1.165) is 11.1 Å². The van der Waals surface area contributed by atoms with Gasteiger partial charge in [0.1, 0.15) is 11.2 Å². The molecule has 0 bridgehead atoms. The third kappa shape index (κ3) is 2.46. The van der Waals surface area contributed by atoms with Crippen LogP contribution in [0.4, 0.5) is 11.5 Å². The van der Waals surface area contributed by atoms with Gasteiger partial charge in [-0.05, 0) is 23.3 Å². The molecule has 2 aromatic carbocycles. The molecule has 0 aliphatic carbocycles. The van der Waals surface area contributed by atoms with Crippen LogP contribution in [0.3, 0.4) is 0 Å². The molecule has 0 saturated heterocycles. The minimum Gasteiger partial charge on any atom is -0.313 e. The SMILES string of the molecule is CN1C(=O)[C@@]2(CC(=O)Nc3c2cnn3Cc2ccccc2Cl)c2cccc(Cl)c21. The number of likely N-dealkylation sites (N-methyl/N-ethyl adjacent to an activating group) is 1. The van der Waals surface area contributed by atoms with E-state index in [9.17, 15) is 9.59 Å². The molecule has 1 atom stereocenters. The van der Waals surface area contributed by atoms with Crippen LogP contribution in [0.15, 0.2) is 48.7 Å². The third-order valence-electron chi connectivity index (χ3n) is 5.71. The Morgan fingerprint density at radius 1 is 1.07 bits per heavy atom. The van der Waals surface area contributed by atoms with Gasteiger partial charge in [-0.15, -0.1) is 0 Å². The topological polar surface area (TPSA) is 67.2 Å². The highest BCUT2D eigenvalue weighted by Crippen LogP contribution is 2.53. The average Bonchev–Trinajstić information content (AvgIpc) is 3.18. The van der Waals surface area contributed by atoms with Crippen molar-refractivity contribution in [3.8, 4) is 0 Å². The molecular formula is C21H16Cl2N4O2. The maximum atomic E-state index is 13.5. The summed E-state index contributed by atoms with van der Waals surface area (Å²) in [4.78, 5) is 27.7. The number of aromatic nitrogens is 2. The van der Waals surface area contributed by atoms with E-state index >= 15 is 0 Å². The number of nitrogens with one attached hydrogen (secondary N) is 1. The molecule has 0 saturated carbocycles. The molecule has 2 amide bonds. The van der Waals surface area contributed by atoms with Crippen LogP contribution in [-0.2, 0) is 21.5 Å². The van der Waals surface area contributed by atoms with Gasteiger partial charge in [0.15, 0.2) is 0 Å². The van der Waals surface area contributed by atoms with E-state index in [-0.39, 0.29) is 18.2 Å². The van der Waals surface area contributed by atoms with Crippen LogP contribution in [-0.4, -0.2) is 28.6 Å². The van der Waals surface area contributed by atoms with Crippen molar-refractivity contribution in [3.05, 3.63) is 75.4 Å². The molecule has 1 spiro atoms. The second-order valence-corrected chi connectivity index (χ2v) is 8.10. The van der Waals surface area contributed by atoms with E-state index in [1.807, 2.05) is 24.3 Å². The molecule has 146 valence electrons. The Bertz CT molecular complexity index is 1190. The molecular weight excluding hydrogens is 411 g/mol. The molecule has 2 aliphatic rings. The Morgan fingerprint density at radius 3 is 2.62 bits per heavy atom. The van der Waals surface area contributed by atoms with Crippen molar-refractivity contribution in [3.63, 3.8) is 0 Å². The molecule has 8 heteroatoms. The molecule has 3 heterocycles. The normalized spacial score (nSPS) is 20.0. The van der Waals surface area contributed by atoms with E-state index in [4.69, 9.17) is 23.2 Å². The molecule has 0 radical (unpaired) electrons. The van der Waals surface area contributed by atoms with Gasteiger partial charge >= 0.3 is 0 Å². The number of carbonyl (C=O) groups is 2. The Balaban J connectivity index is 1.70. The molecule has 2 aliphatic heterocycles. The maximum absolute atomic E-state index is 13.5. The first-order chi connectivity index (χ1) is 13.9. The van der Waals surface area contributed by atoms with Crippen molar-refractivity contribution in [2.45, 2.75) is 18.4 Å². The number of carbonyl (C=O) groups excluding carboxylic acids is 2. The van der Waals surface area contributed by atoms with Crippen LogP contribution in [0.1, 0.15) is 23.1 Å². The zero-order valence-corrected chi connectivity index (χ0v) is 17.0. The van der Waals surface area contributed by atoms with Gasteiger partial charge in [-0.1, -0.05) is 53.5 Å². The van der Waals surface area contributed by atoms with E-state index in [1.165, 1.54) is 4.90 Å². The minimum atomic E-state index is -1.13. The van der Waals surface area contributed by atoms with Gasteiger partial charge < -0.3 is 10.2 Å². The summed E-state index contributed by atoms with van der Waals surface area (Å²) < 4.78 is 1.67. The number of halogens is 2. The van der Waals surface area contributed by atoms with E-state index < -0.39 is 5.41 Å². The number of nitrogens with zero attached hydrogens (tertiary/aromatic N) is 3. The van der Waals surface area contributed by atoms with Gasteiger partial charge in [0.05, 0.1) is 23.5 Å². The van der Waals surface area contributed by atoms with Gasteiger partial charge in [-0.2, -0.15) is 5.10 Å². The highest BCUT2D eigenvalue weighted by molar-refractivity contribution is 6.35. The van der Waals surface area contributed by atoms with Crippen molar-refractivity contribution in [1.29, 1.82) is 0 Å². The van der Waals surface area contributed by atoms with Crippen LogP contribution in [0, 0.1) is 0 Å². The number of fused-ring (bicyclic) bond motifs is 4. The Hall–Kier alpha value is -2.83. The van der Waals surface area contributed by atoms with Gasteiger partial charge in [0.25, 0.3) is 0 Å². The molecule has 0 fully saturated rings. The Labute approximate surface area is 177 Å². The number of benzene rings is 2. The van der Waals surface area contributed by atoms with Gasteiger partial charge in [-0.25, -0.2) is 4.68 Å². The van der Waals surface area contributed by atoms with E-state index in [0.29, 0.717) is 33.7 Å². The van der Waals surface area contributed by atoms with Crippen LogP contribution in [0.5, 0.6) is 0 Å². The number of anilines is 2. The zero-order chi connectivity index (χ0) is 20.3. The number of rotatable bonds is 2. The Morgan fingerprint density at radius 2 is 1.83 bits per heavy atom. The first-order valence-electron chi connectivity index (χ1n) is 9.10. The monoisotopic (exact) mass is 426 g/mol. The van der Waals surface area contributed by atoms with Crippen molar-refractivity contribution < 1.29 is 9.59 Å². The molecule has 5 rings (SSSR count). The lowest BCUT2D eigenvalue weighted by Gasteiger charge is -2.32. The maximum Gasteiger partial charge on any atom is 0.242 e.